The highest BCUT2D eigenvalue weighted by Gasteiger charge is 2.45. The van der Waals surface area contributed by atoms with Gasteiger partial charge in [0.15, 0.2) is 3.55 Å². The molecule has 0 radical (unpaired) electrons. The molecule has 1 aliphatic heterocycles. The lowest BCUT2D eigenvalue weighted by Crippen LogP contribution is -2.44. The van der Waals surface area contributed by atoms with Crippen LogP contribution in [0, 0.1) is 6.92 Å². The molecule has 0 bridgehead atoms. The van der Waals surface area contributed by atoms with Gasteiger partial charge < -0.3 is 14.3 Å². The summed E-state index contributed by atoms with van der Waals surface area (Å²) in [5, 5.41) is 9.61. The third-order valence-electron chi connectivity index (χ3n) is 5.76. The first-order chi connectivity index (χ1) is 16.1. The molecule has 1 unspecified atom stereocenters. The van der Waals surface area contributed by atoms with E-state index in [9.17, 15) is 23.1 Å². The fourth-order valence-corrected chi connectivity index (χ4v) is 4.67. The van der Waals surface area contributed by atoms with E-state index in [4.69, 9.17) is 9.15 Å². The maximum Gasteiger partial charge on any atom is 0.416 e. The molecule has 4 rings (SSSR count). The summed E-state index contributed by atoms with van der Waals surface area (Å²) in [5.41, 5.74) is 1.18. The van der Waals surface area contributed by atoms with E-state index in [1.54, 1.807) is 13.0 Å². The van der Waals surface area contributed by atoms with Gasteiger partial charge in [-0.15, -0.1) is 0 Å². The summed E-state index contributed by atoms with van der Waals surface area (Å²) in [6.07, 6.45) is -2.97. The molecule has 1 saturated heterocycles. The van der Waals surface area contributed by atoms with Crippen molar-refractivity contribution < 1.29 is 32.2 Å². The number of likely N-dealkylation sites (tertiary alicyclic amines) is 1. The molecule has 1 N–H and O–H groups in total. The predicted octanol–water partition coefficient (Wildman–Crippen LogP) is 6.06. The number of aliphatic carboxylic acids is 1. The minimum atomic E-state index is -4.40. The first-order valence-corrected chi connectivity index (χ1v) is 11.7. The van der Waals surface area contributed by atoms with Crippen LogP contribution in [0.4, 0.5) is 13.2 Å². The fraction of sp³-hybridized carbons (Fsp3) is 0.333. The lowest BCUT2D eigenvalue weighted by molar-refractivity contribution is -0.143. The van der Waals surface area contributed by atoms with Gasteiger partial charge in [-0.1, -0.05) is 12.1 Å². The number of carbonyl (C=O) groups is 1. The highest BCUT2D eigenvalue weighted by molar-refractivity contribution is 14.1. The molecule has 1 aromatic heterocycles. The van der Waals surface area contributed by atoms with Crippen LogP contribution < -0.4 is 4.74 Å². The predicted molar refractivity (Wildman–Crippen MR) is 126 cm³/mol. The lowest BCUT2D eigenvalue weighted by atomic mass is 10.1. The Morgan fingerprint density at radius 2 is 2.00 bits per heavy atom. The van der Waals surface area contributed by atoms with Crippen molar-refractivity contribution in [1.29, 1.82) is 0 Å². The maximum atomic E-state index is 12.8. The molecule has 2 aromatic carbocycles. The van der Waals surface area contributed by atoms with E-state index in [1.807, 2.05) is 45.7 Å². The van der Waals surface area contributed by atoms with Crippen molar-refractivity contribution >= 4 is 28.6 Å². The standard InChI is InChI=1S/C24H22F3IN2O4/c1-15-20(29-21(34-15)17-6-8-18(9-7-17)24(25,26)27)14-33-19-5-2-4-16(12-19)13-30-11-3-10-23(30,28)22(31)32/h2,4-9,12H,3,10-11,13-14H2,1H3,(H,31,32). The topological polar surface area (TPSA) is 75.8 Å². The van der Waals surface area contributed by atoms with Crippen LogP contribution in [-0.4, -0.2) is 31.1 Å². The van der Waals surface area contributed by atoms with Gasteiger partial charge in [0.1, 0.15) is 23.8 Å². The maximum absolute atomic E-state index is 12.8. The van der Waals surface area contributed by atoms with Crippen molar-refractivity contribution in [3.05, 3.63) is 71.1 Å². The van der Waals surface area contributed by atoms with Gasteiger partial charge in [-0.05, 0) is 84.3 Å². The molecule has 34 heavy (non-hydrogen) atoms. The molecule has 3 aromatic rings. The molecule has 0 aliphatic carbocycles. The summed E-state index contributed by atoms with van der Waals surface area (Å²) in [7, 11) is 0. The Balaban J connectivity index is 1.42. The Hall–Kier alpha value is -2.60. The average Bonchev–Trinajstić information content (AvgIpc) is 3.35. The van der Waals surface area contributed by atoms with Gasteiger partial charge in [-0.3, -0.25) is 4.90 Å². The normalized spacial score (nSPS) is 18.9. The van der Waals surface area contributed by atoms with E-state index in [0.29, 0.717) is 42.3 Å². The summed E-state index contributed by atoms with van der Waals surface area (Å²) in [6.45, 7) is 3.04. The van der Waals surface area contributed by atoms with Crippen molar-refractivity contribution in [2.45, 2.75) is 42.6 Å². The lowest BCUT2D eigenvalue weighted by Gasteiger charge is -2.29. The molecular weight excluding hydrogens is 564 g/mol. The van der Waals surface area contributed by atoms with Gasteiger partial charge in [0.25, 0.3) is 0 Å². The Morgan fingerprint density at radius 3 is 2.68 bits per heavy atom. The number of carboxylic acid groups (broad SMARTS) is 1. The number of hydrogen-bond acceptors (Lipinski definition) is 5. The average molecular weight is 586 g/mol. The van der Waals surface area contributed by atoms with Crippen LogP contribution in [0.15, 0.2) is 52.9 Å². The molecule has 1 fully saturated rings. The number of halogens is 4. The zero-order chi connectivity index (χ0) is 24.5. The van der Waals surface area contributed by atoms with E-state index < -0.39 is 21.3 Å². The first-order valence-electron chi connectivity index (χ1n) is 10.6. The minimum Gasteiger partial charge on any atom is -0.487 e. The third-order valence-corrected chi connectivity index (χ3v) is 7.45. The quantitative estimate of drug-likeness (QED) is 0.206. The largest absolute Gasteiger partial charge is 0.487 e. The second kappa shape index (κ2) is 9.57. The number of nitrogens with zero attached hydrogens (tertiary/aromatic N) is 2. The number of aryl methyl sites for hydroxylation is 1. The van der Waals surface area contributed by atoms with Crippen LogP contribution >= 0.6 is 22.6 Å². The molecule has 1 aliphatic rings. The van der Waals surface area contributed by atoms with Crippen molar-refractivity contribution in [1.82, 2.24) is 9.88 Å². The molecule has 2 heterocycles. The molecule has 1 atom stereocenters. The molecular formula is C24H22F3IN2O4. The number of carboxylic acids is 1. The van der Waals surface area contributed by atoms with Crippen LogP contribution in [-0.2, 0) is 24.1 Å². The summed E-state index contributed by atoms with van der Waals surface area (Å²) >= 11 is 2.01. The zero-order valence-electron chi connectivity index (χ0n) is 18.2. The van der Waals surface area contributed by atoms with E-state index >= 15 is 0 Å². The van der Waals surface area contributed by atoms with Crippen LogP contribution in [0.25, 0.3) is 11.5 Å². The number of ether oxygens (including phenoxy) is 1. The van der Waals surface area contributed by atoms with Crippen LogP contribution in [0.3, 0.4) is 0 Å². The highest BCUT2D eigenvalue weighted by Crippen LogP contribution is 2.37. The third kappa shape index (κ3) is 5.22. The van der Waals surface area contributed by atoms with E-state index in [2.05, 4.69) is 4.98 Å². The highest BCUT2D eigenvalue weighted by atomic mass is 127. The minimum absolute atomic E-state index is 0.120. The molecule has 0 amide bonds. The number of rotatable bonds is 7. The second-order valence-electron chi connectivity index (χ2n) is 8.12. The van der Waals surface area contributed by atoms with Gasteiger partial charge in [0.05, 0.1) is 5.56 Å². The molecule has 10 heteroatoms. The Kier molecular flexibility index (Phi) is 6.90. The molecule has 0 saturated carbocycles. The number of alkyl halides is 4. The zero-order valence-corrected chi connectivity index (χ0v) is 20.4. The summed E-state index contributed by atoms with van der Waals surface area (Å²) in [4.78, 5) is 18.0. The van der Waals surface area contributed by atoms with E-state index in [-0.39, 0.29) is 12.5 Å². The summed E-state index contributed by atoms with van der Waals surface area (Å²) < 4.78 is 49.0. The van der Waals surface area contributed by atoms with Crippen molar-refractivity contribution in [2.24, 2.45) is 0 Å². The monoisotopic (exact) mass is 586 g/mol. The first kappa shape index (κ1) is 24.5. The Morgan fingerprint density at radius 1 is 1.26 bits per heavy atom. The number of hydrogen-bond donors (Lipinski definition) is 1. The number of benzene rings is 2. The fourth-order valence-electron chi connectivity index (χ4n) is 3.88. The smallest absolute Gasteiger partial charge is 0.416 e. The molecule has 180 valence electrons. The van der Waals surface area contributed by atoms with E-state index in [0.717, 1.165) is 24.1 Å². The Labute approximate surface area is 207 Å². The Bertz CT molecular complexity index is 1180. The summed E-state index contributed by atoms with van der Waals surface area (Å²) in [6, 6.07) is 12.1. The molecule has 0 spiro atoms. The molecule has 6 nitrogen and oxygen atoms in total. The number of oxazole rings is 1. The van der Waals surface area contributed by atoms with E-state index in [1.165, 1.54) is 12.1 Å². The van der Waals surface area contributed by atoms with Gasteiger partial charge >= 0.3 is 12.1 Å². The van der Waals surface area contributed by atoms with Crippen LogP contribution in [0.5, 0.6) is 5.75 Å². The van der Waals surface area contributed by atoms with Gasteiger partial charge in [0, 0.05) is 18.7 Å². The van der Waals surface area contributed by atoms with Crippen molar-refractivity contribution in [2.75, 3.05) is 6.54 Å². The second-order valence-corrected chi connectivity index (χ2v) is 9.91. The van der Waals surface area contributed by atoms with Crippen molar-refractivity contribution in [3.63, 3.8) is 0 Å². The van der Waals surface area contributed by atoms with Gasteiger partial charge in [-0.2, -0.15) is 13.2 Å². The van der Waals surface area contributed by atoms with Crippen molar-refractivity contribution in [3.8, 4) is 17.2 Å². The van der Waals surface area contributed by atoms with Crippen LogP contribution in [0.2, 0.25) is 0 Å². The SMILES string of the molecule is Cc1oc(-c2ccc(C(F)(F)F)cc2)nc1COc1cccc(CN2CCCC2(I)C(=O)O)c1. The van der Waals surface area contributed by atoms with Crippen LogP contribution in [0.1, 0.15) is 35.4 Å². The van der Waals surface area contributed by atoms with Gasteiger partial charge in [-0.25, -0.2) is 9.78 Å². The van der Waals surface area contributed by atoms with Gasteiger partial charge in [0.2, 0.25) is 5.89 Å². The number of aromatic nitrogens is 1. The summed E-state index contributed by atoms with van der Waals surface area (Å²) in [5.74, 6) is 0.506.